The smallest absolute Gasteiger partial charge is 0.178 e. The van der Waals surface area contributed by atoms with Crippen LogP contribution in [0.5, 0.6) is 23.0 Å². The number of ether oxygens (including phenoxy) is 2. The highest BCUT2D eigenvalue weighted by Crippen LogP contribution is 2.58. The van der Waals surface area contributed by atoms with Gasteiger partial charge in [-0.3, -0.25) is 4.98 Å². The number of hydrogen-bond donors (Lipinski definition) is 0. The number of fused-ring (bicyclic) bond motifs is 6. The van der Waals surface area contributed by atoms with Gasteiger partial charge in [0.15, 0.2) is 40.5 Å². The van der Waals surface area contributed by atoms with E-state index in [1.165, 1.54) is 16.7 Å². The highest BCUT2D eigenvalue weighted by Gasteiger charge is 2.39. The fraction of sp³-hybridized carbons (Fsp3) is 0.0638. The molecule has 8 aromatic rings. The Balaban J connectivity index is 1.02. The minimum absolute atomic E-state index is 0.121. The van der Waals surface area contributed by atoms with Crippen LogP contribution < -0.4 is 9.47 Å². The van der Waals surface area contributed by atoms with Crippen molar-refractivity contribution in [3.8, 4) is 90.7 Å². The highest BCUT2D eigenvalue weighted by molar-refractivity contribution is 5.88. The summed E-state index contributed by atoms with van der Waals surface area (Å²) in [5, 5.41) is 0. The Morgan fingerprint density at radius 2 is 1.06 bits per heavy atom. The Labute approximate surface area is 307 Å². The molecule has 1 aliphatic heterocycles. The van der Waals surface area contributed by atoms with Crippen molar-refractivity contribution in [2.24, 2.45) is 0 Å². The molecule has 0 unspecified atom stereocenters. The van der Waals surface area contributed by atoms with Crippen LogP contribution in [0.3, 0.4) is 0 Å². The monoisotopic (exact) mass is 684 g/mol. The molecule has 1 aliphatic carbocycles. The van der Waals surface area contributed by atoms with Gasteiger partial charge in [0.2, 0.25) is 0 Å². The van der Waals surface area contributed by atoms with Crippen molar-refractivity contribution in [1.29, 1.82) is 0 Å². The second kappa shape index (κ2) is 12.1. The van der Waals surface area contributed by atoms with Gasteiger partial charge >= 0.3 is 0 Å². The summed E-state index contributed by atoms with van der Waals surface area (Å²) in [5.74, 6) is 4.63. The van der Waals surface area contributed by atoms with Gasteiger partial charge in [-0.2, -0.15) is 0 Å². The predicted molar refractivity (Wildman–Crippen MR) is 209 cm³/mol. The van der Waals surface area contributed by atoms with Gasteiger partial charge in [0.05, 0.1) is 5.69 Å². The third-order valence-corrected chi connectivity index (χ3v) is 10.2. The molecule has 0 saturated heterocycles. The summed E-state index contributed by atoms with van der Waals surface area (Å²) < 4.78 is 13.2. The molecule has 2 aromatic heterocycles. The number of hydrogen-bond acceptors (Lipinski definition) is 6. The summed E-state index contributed by atoms with van der Waals surface area (Å²) in [6, 6.07) is 51.3. The standard InChI is InChI=1S/C47H32N4O2/c1-47(2)36-19-7-6-18-35(36)42-37(47)22-24-40-43(42)53-39-23-21-31(28-41(39)52-40)30-14-10-16-33(26-30)45-49-44(29-12-4-3-5-13-29)50-46(51-45)34-17-11-15-32(27-34)38-20-8-9-25-48-38/h3-28H,1-2H3. The molecule has 0 fully saturated rings. The molecule has 3 heterocycles. The molecule has 0 N–H and O–H groups in total. The molecular weight excluding hydrogens is 653 g/mol. The first kappa shape index (κ1) is 30.9. The molecule has 53 heavy (non-hydrogen) atoms. The fourth-order valence-corrected chi connectivity index (χ4v) is 7.54. The molecule has 6 aromatic carbocycles. The van der Waals surface area contributed by atoms with Gasteiger partial charge in [-0.1, -0.05) is 123 Å². The van der Waals surface area contributed by atoms with Crippen molar-refractivity contribution in [3.63, 3.8) is 0 Å². The van der Waals surface area contributed by atoms with E-state index in [1.807, 2.05) is 97.1 Å². The van der Waals surface area contributed by atoms with Crippen LogP contribution in [0.25, 0.3) is 67.7 Å². The summed E-state index contributed by atoms with van der Waals surface area (Å²) in [4.78, 5) is 19.5. The van der Waals surface area contributed by atoms with Crippen molar-refractivity contribution >= 4 is 0 Å². The molecule has 252 valence electrons. The van der Waals surface area contributed by atoms with Crippen LogP contribution in [0.4, 0.5) is 0 Å². The first-order valence-corrected chi connectivity index (χ1v) is 17.7. The van der Waals surface area contributed by atoms with E-state index in [2.05, 4.69) is 73.4 Å². The molecule has 0 bridgehead atoms. The molecular formula is C47H32N4O2. The second-order valence-electron chi connectivity index (χ2n) is 13.9. The Hall–Kier alpha value is -6.92. The van der Waals surface area contributed by atoms with Crippen molar-refractivity contribution < 1.29 is 9.47 Å². The Morgan fingerprint density at radius 1 is 0.434 bits per heavy atom. The number of rotatable bonds is 5. The van der Waals surface area contributed by atoms with Gasteiger partial charge in [0.1, 0.15) is 0 Å². The normalized spacial score (nSPS) is 13.2. The number of aromatic nitrogens is 4. The molecule has 2 aliphatic rings. The van der Waals surface area contributed by atoms with Crippen LogP contribution in [0, 0.1) is 0 Å². The van der Waals surface area contributed by atoms with Gasteiger partial charge < -0.3 is 9.47 Å². The van der Waals surface area contributed by atoms with Gasteiger partial charge in [0.25, 0.3) is 0 Å². The highest BCUT2D eigenvalue weighted by atomic mass is 16.6. The van der Waals surface area contributed by atoms with Crippen molar-refractivity contribution in [2.45, 2.75) is 19.3 Å². The molecule has 6 nitrogen and oxygen atoms in total. The van der Waals surface area contributed by atoms with Gasteiger partial charge in [-0.15, -0.1) is 0 Å². The lowest BCUT2D eigenvalue weighted by Crippen LogP contribution is -2.15. The summed E-state index contributed by atoms with van der Waals surface area (Å²) in [6.45, 7) is 4.53. The maximum absolute atomic E-state index is 6.65. The number of pyridine rings is 1. The van der Waals surface area contributed by atoms with Crippen LogP contribution in [-0.4, -0.2) is 19.9 Å². The summed E-state index contributed by atoms with van der Waals surface area (Å²) in [6.07, 6.45) is 1.80. The maximum Gasteiger partial charge on any atom is 0.178 e. The third kappa shape index (κ3) is 5.26. The fourth-order valence-electron chi connectivity index (χ4n) is 7.54. The van der Waals surface area contributed by atoms with E-state index in [1.54, 1.807) is 6.20 Å². The average molecular weight is 685 g/mol. The van der Waals surface area contributed by atoms with Crippen molar-refractivity contribution in [3.05, 3.63) is 169 Å². The van der Waals surface area contributed by atoms with Crippen molar-refractivity contribution in [2.75, 3.05) is 0 Å². The van der Waals surface area contributed by atoms with E-state index < -0.39 is 0 Å². The van der Waals surface area contributed by atoms with Crippen LogP contribution in [0.15, 0.2) is 158 Å². The lowest BCUT2D eigenvalue weighted by atomic mass is 9.82. The zero-order valence-electron chi connectivity index (χ0n) is 29.1. The summed E-state index contributed by atoms with van der Waals surface area (Å²) >= 11 is 0. The SMILES string of the molecule is CC1(C)c2ccccc2-c2c1ccc1c2Oc2ccc(-c3cccc(-c4nc(-c5ccccc5)nc(-c5cccc(-c6ccccn6)c5)n4)c3)cc2O1. The first-order chi connectivity index (χ1) is 26.0. The van der Waals surface area contributed by atoms with Crippen molar-refractivity contribution in [1.82, 2.24) is 19.9 Å². The molecule has 0 saturated carbocycles. The summed E-state index contributed by atoms with van der Waals surface area (Å²) in [5.41, 5.74) is 11.3. The molecule has 0 spiro atoms. The van der Waals surface area contributed by atoms with Crippen LogP contribution in [0.2, 0.25) is 0 Å². The van der Waals surface area contributed by atoms with Crippen LogP contribution in [-0.2, 0) is 5.41 Å². The molecule has 0 radical (unpaired) electrons. The van der Waals surface area contributed by atoms with E-state index in [4.69, 9.17) is 24.4 Å². The Kier molecular flexibility index (Phi) is 7.05. The van der Waals surface area contributed by atoms with E-state index >= 15 is 0 Å². The topological polar surface area (TPSA) is 70.0 Å². The largest absolute Gasteiger partial charge is 0.449 e. The van der Waals surface area contributed by atoms with Gasteiger partial charge in [-0.05, 0) is 70.3 Å². The molecule has 6 heteroatoms. The Morgan fingerprint density at radius 3 is 1.83 bits per heavy atom. The number of nitrogens with zero attached hydrogens (tertiary/aromatic N) is 4. The van der Waals surface area contributed by atoms with Crippen LogP contribution >= 0.6 is 0 Å². The quantitative estimate of drug-likeness (QED) is 0.180. The second-order valence-corrected chi connectivity index (χ2v) is 13.9. The lowest BCUT2D eigenvalue weighted by molar-refractivity contribution is 0.360. The van der Waals surface area contributed by atoms with Gasteiger partial charge in [-0.25, -0.2) is 15.0 Å². The predicted octanol–water partition coefficient (Wildman–Crippen LogP) is 11.8. The van der Waals surface area contributed by atoms with E-state index in [0.717, 1.165) is 50.4 Å². The summed E-state index contributed by atoms with van der Waals surface area (Å²) in [7, 11) is 0. The van der Waals surface area contributed by atoms with E-state index in [-0.39, 0.29) is 5.41 Å². The minimum atomic E-state index is -0.121. The van der Waals surface area contributed by atoms with E-state index in [9.17, 15) is 0 Å². The number of benzene rings is 6. The minimum Gasteiger partial charge on any atom is -0.449 e. The Bertz CT molecular complexity index is 2710. The molecule has 10 rings (SSSR count). The zero-order chi connectivity index (χ0) is 35.5. The van der Waals surface area contributed by atoms with E-state index in [0.29, 0.717) is 34.7 Å². The zero-order valence-corrected chi connectivity index (χ0v) is 29.1. The third-order valence-electron chi connectivity index (χ3n) is 10.2. The van der Waals surface area contributed by atoms with Gasteiger partial charge in [0, 0.05) is 39.4 Å². The maximum atomic E-state index is 6.65. The molecule has 0 amide bonds. The molecule has 0 atom stereocenters. The van der Waals surface area contributed by atoms with Crippen LogP contribution in [0.1, 0.15) is 25.0 Å². The lowest BCUT2D eigenvalue weighted by Gasteiger charge is -2.25. The first-order valence-electron chi connectivity index (χ1n) is 17.7. The average Bonchev–Trinajstić information content (AvgIpc) is 3.46.